The lowest BCUT2D eigenvalue weighted by Gasteiger charge is -2.17. The van der Waals surface area contributed by atoms with Crippen LogP contribution in [0, 0.1) is 0 Å². The Morgan fingerprint density at radius 1 is 1.50 bits per heavy atom. The number of hydrogen-bond acceptors (Lipinski definition) is 4. The van der Waals surface area contributed by atoms with Crippen LogP contribution in [0.1, 0.15) is 11.6 Å². The van der Waals surface area contributed by atoms with Crippen molar-refractivity contribution in [3.05, 3.63) is 28.2 Å². The Bertz CT molecular complexity index is 411. The molecule has 0 spiro atoms. The smallest absolute Gasteiger partial charge is 0.325 e. The van der Waals surface area contributed by atoms with Crippen LogP contribution in [-0.4, -0.2) is 38.4 Å². The van der Waals surface area contributed by atoms with E-state index in [0.29, 0.717) is 24.5 Å². The van der Waals surface area contributed by atoms with Gasteiger partial charge in [0.05, 0.1) is 13.7 Å². The van der Waals surface area contributed by atoms with E-state index in [9.17, 15) is 9.90 Å². The molecule has 0 aliphatic heterocycles. The fourth-order valence-electron chi connectivity index (χ4n) is 1.51. The van der Waals surface area contributed by atoms with E-state index in [2.05, 4.69) is 21.2 Å². The zero-order valence-corrected chi connectivity index (χ0v) is 11.9. The Kier molecular flexibility index (Phi) is 6.11. The summed E-state index contributed by atoms with van der Waals surface area (Å²) in [4.78, 5) is 11.3. The van der Waals surface area contributed by atoms with E-state index in [-0.39, 0.29) is 0 Å². The highest BCUT2D eigenvalue weighted by Gasteiger charge is 2.21. The van der Waals surface area contributed by atoms with Crippen LogP contribution in [0.2, 0.25) is 0 Å². The number of carboxylic acid groups (broad SMARTS) is 1. The van der Waals surface area contributed by atoms with Gasteiger partial charge in [-0.25, -0.2) is 0 Å². The molecule has 100 valence electrons. The number of benzene rings is 1. The first-order valence-electron chi connectivity index (χ1n) is 5.38. The fraction of sp³-hybridized carbons (Fsp3) is 0.417. The SMILES string of the molecule is COCCNC(C(=O)O)c1cc(OC)ccc1Br. The maximum Gasteiger partial charge on any atom is 0.325 e. The third-order valence-corrected chi connectivity index (χ3v) is 3.14. The molecule has 0 amide bonds. The van der Waals surface area contributed by atoms with Gasteiger partial charge in [0.25, 0.3) is 0 Å². The van der Waals surface area contributed by atoms with Crippen molar-refractivity contribution in [2.24, 2.45) is 0 Å². The third-order valence-electron chi connectivity index (χ3n) is 2.42. The molecule has 0 aliphatic rings. The van der Waals surface area contributed by atoms with Crippen molar-refractivity contribution in [1.82, 2.24) is 5.32 Å². The van der Waals surface area contributed by atoms with Crippen molar-refractivity contribution in [2.75, 3.05) is 27.4 Å². The fourth-order valence-corrected chi connectivity index (χ4v) is 1.98. The molecule has 0 radical (unpaired) electrons. The molecule has 2 N–H and O–H groups in total. The van der Waals surface area contributed by atoms with Gasteiger partial charge in [0, 0.05) is 18.1 Å². The average molecular weight is 318 g/mol. The van der Waals surface area contributed by atoms with Crippen molar-refractivity contribution in [3.8, 4) is 5.75 Å². The Balaban J connectivity index is 2.93. The predicted octanol–water partition coefficient (Wildman–Crippen LogP) is 1.82. The first-order chi connectivity index (χ1) is 8.60. The van der Waals surface area contributed by atoms with Crippen LogP contribution in [0.3, 0.4) is 0 Å². The van der Waals surface area contributed by atoms with Gasteiger partial charge in [0.15, 0.2) is 0 Å². The summed E-state index contributed by atoms with van der Waals surface area (Å²) in [5.41, 5.74) is 0.623. The summed E-state index contributed by atoms with van der Waals surface area (Å²) >= 11 is 3.35. The molecule has 0 heterocycles. The van der Waals surface area contributed by atoms with E-state index in [1.165, 1.54) is 0 Å². The van der Waals surface area contributed by atoms with Crippen LogP contribution in [0.25, 0.3) is 0 Å². The number of carbonyl (C=O) groups is 1. The minimum atomic E-state index is -0.944. The number of halogens is 1. The maximum absolute atomic E-state index is 11.3. The summed E-state index contributed by atoms with van der Waals surface area (Å²) in [6, 6.07) is 4.43. The second-order valence-electron chi connectivity index (χ2n) is 3.61. The standard InChI is InChI=1S/C12H16BrNO4/c1-17-6-5-14-11(12(15)16)9-7-8(18-2)3-4-10(9)13/h3-4,7,11,14H,5-6H2,1-2H3,(H,15,16). The number of methoxy groups -OCH3 is 2. The van der Waals surface area contributed by atoms with Gasteiger partial charge < -0.3 is 14.6 Å². The van der Waals surface area contributed by atoms with Crippen LogP contribution in [-0.2, 0) is 9.53 Å². The highest BCUT2D eigenvalue weighted by atomic mass is 79.9. The second-order valence-corrected chi connectivity index (χ2v) is 4.46. The summed E-state index contributed by atoms with van der Waals surface area (Å²) in [6.07, 6.45) is 0. The van der Waals surface area contributed by atoms with Gasteiger partial charge in [-0.1, -0.05) is 15.9 Å². The Morgan fingerprint density at radius 2 is 2.22 bits per heavy atom. The highest BCUT2D eigenvalue weighted by molar-refractivity contribution is 9.10. The topological polar surface area (TPSA) is 67.8 Å². The molecule has 18 heavy (non-hydrogen) atoms. The van der Waals surface area contributed by atoms with Gasteiger partial charge in [-0.2, -0.15) is 0 Å². The Hall–Kier alpha value is -1.11. The number of rotatable bonds is 7. The van der Waals surface area contributed by atoms with Gasteiger partial charge in [-0.05, 0) is 23.8 Å². The lowest BCUT2D eigenvalue weighted by Crippen LogP contribution is -2.31. The lowest BCUT2D eigenvalue weighted by atomic mass is 10.1. The Labute approximate surface area is 114 Å². The molecule has 1 atom stereocenters. The number of nitrogens with one attached hydrogen (secondary N) is 1. The first-order valence-corrected chi connectivity index (χ1v) is 6.18. The molecule has 1 aromatic carbocycles. The van der Waals surface area contributed by atoms with Crippen LogP contribution in [0.4, 0.5) is 0 Å². The predicted molar refractivity (Wildman–Crippen MR) is 70.9 cm³/mol. The molecular weight excluding hydrogens is 302 g/mol. The number of aliphatic carboxylic acids is 1. The lowest BCUT2D eigenvalue weighted by molar-refractivity contribution is -0.139. The van der Waals surface area contributed by atoms with Gasteiger partial charge in [0.1, 0.15) is 11.8 Å². The molecule has 0 aromatic heterocycles. The monoisotopic (exact) mass is 317 g/mol. The second kappa shape index (κ2) is 7.35. The molecule has 0 saturated carbocycles. The summed E-state index contributed by atoms with van der Waals surface area (Å²) in [7, 11) is 3.11. The summed E-state index contributed by atoms with van der Waals surface area (Å²) in [6.45, 7) is 0.905. The van der Waals surface area contributed by atoms with Crippen molar-refractivity contribution >= 4 is 21.9 Å². The van der Waals surface area contributed by atoms with Crippen molar-refractivity contribution in [3.63, 3.8) is 0 Å². The van der Waals surface area contributed by atoms with Gasteiger partial charge in [0.2, 0.25) is 0 Å². The third kappa shape index (κ3) is 3.97. The zero-order valence-electron chi connectivity index (χ0n) is 10.3. The van der Waals surface area contributed by atoms with Crippen molar-refractivity contribution in [2.45, 2.75) is 6.04 Å². The normalized spacial score (nSPS) is 12.2. The average Bonchev–Trinajstić information content (AvgIpc) is 2.35. The van der Waals surface area contributed by atoms with E-state index in [1.54, 1.807) is 32.4 Å². The largest absolute Gasteiger partial charge is 0.497 e. The van der Waals surface area contributed by atoms with Gasteiger partial charge in [-0.3, -0.25) is 10.1 Å². The molecular formula is C12H16BrNO4. The first kappa shape index (κ1) is 14.9. The summed E-state index contributed by atoms with van der Waals surface area (Å²) in [5, 5.41) is 12.2. The molecule has 0 saturated heterocycles. The van der Waals surface area contributed by atoms with E-state index < -0.39 is 12.0 Å². The molecule has 5 nitrogen and oxygen atoms in total. The van der Waals surface area contributed by atoms with Gasteiger partial charge in [-0.15, -0.1) is 0 Å². The molecule has 1 aromatic rings. The van der Waals surface area contributed by atoms with E-state index >= 15 is 0 Å². The molecule has 1 unspecified atom stereocenters. The van der Waals surface area contributed by atoms with Gasteiger partial charge >= 0.3 is 5.97 Å². The summed E-state index contributed by atoms with van der Waals surface area (Å²) in [5.74, 6) is -0.326. The van der Waals surface area contributed by atoms with E-state index in [4.69, 9.17) is 9.47 Å². The maximum atomic E-state index is 11.3. The van der Waals surface area contributed by atoms with E-state index in [1.807, 2.05) is 0 Å². The number of ether oxygens (including phenoxy) is 2. The molecule has 0 aliphatic carbocycles. The van der Waals surface area contributed by atoms with Crippen molar-refractivity contribution in [1.29, 1.82) is 0 Å². The highest BCUT2D eigenvalue weighted by Crippen LogP contribution is 2.28. The number of carboxylic acids is 1. The summed E-state index contributed by atoms with van der Waals surface area (Å²) < 4.78 is 10.7. The van der Waals surface area contributed by atoms with E-state index in [0.717, 1.165) is 4.47 Å². The quantitative estimate of drug-likeness (QED) is 0.751. The molecule has 0 fully saturated rings. The molecule has 0 bridgehead atoms. The number of hydrogen-bond donors (Lipinski definition) is 2. The molecule has 1 rings (SSSR count). The van der Waals surface area contributed by atoms with Crippen LogP contribution in [0.15, 0.2) is 22.7 Å². The van der Waals surface area contributed by atoms with Crippen LogP contribution >= 0.6 is 15.9 Å². The van der Waals surface area contributed by atoms with Crippen LogP contribution < -0.4 is 10.1 Å². The zero-order chi connectivity index (χ0) is 13.5. The minimum Gasteiger partial charge on any atom is -0.497 e. The minimum absolute atomic E-state index is 0.450. The molecule has 6 heteroatoms. The van der Waals surface area contributed by atoms with Crippen molar-refractivity contribution < 1.29 is 19.4 Å². The Morgan fingerprint density at radius 3 is 2.78 bits per heavy atom. The van der Waals surface area contributed by atoms with Crippen LogP contribution in [0.5, 0.6) is 5.75 Å².